The Morgan fingerprint density at radius 1 is 1.21 bits per heavy atom. The van der Waals surface area contributed by atoms with Crippen LogP contribution in [0.1, 0.15) is 11.1 Å². The molecule has 0 radical (unpaired) electrons. The number of nitrogens with zero attached hydrogens (tertiary/aromatic N) is 2. The van der Waals surface area contributed by atoms with Gasteiger partial charge in [0.15, 0.2) is 5.17 Å². The van der Waals surface area contributed by atoms with Crippen LogP contribution in [0, 0.1) is 5.82 Å². The van der Waals surface area contributed by atoms with Crippen LogP contribution in [0.3, 0.4) is 0 Å². The van der Waals surface area contributed by atoms with Gasteiger partial charge in [-0.3, -0.25) is 4.79 Å². The Morgan fingerprint density at radius 2 is 2.00 bits per heavy atom. The van der Waals surface area contributed by atoms with Gasteiger partial charge in [0.1, 0.15) is 18.2 Å². The Labute approximate surface area is 142 Å². The number of hydrogen-bond acceptors (Lipinski definition) is 5. The molecule has 0 atom stereocenters. The number of hydrogen-bond donors (Lipinski definition) is 1. The number of carbonyl (C=O) groups excluding carboxylic acids is 1. The van der Waals surface area contributed by atoms with E-state index in [1.165, 1.54) is 23.9 Å². The fourth-order valence-electron chi connectivity index (χ4n) is 1.98. The zero-order valence-electron chi connectivity index (χ0n) is 12.6. The van der Waals surface area contributed by atoms with E-state index in [0.717, 1.165) is 11.1 Å². The molecule has 1 aliphatic rings. The second-order valence-electron chi connectivity index (χ2n) is 4.94. The average Bonchev–Trinajstić information content (AvgIpc) is 3.01. The molecule has 1 amide bonds. The van der Waals surface area contributed by atoms with Crippen LogP contribution in [0.2, 0.25) is 0 Å². The van der Waals surface area contributed by atoms with Gasteiger partial charge in [-0.15, -0.1) is 5.10 Å². The number of halogens is 1. The predicted octanol–water partition coefficient (Wildman–Crippen LogP) is 2.96. The van der Waals surface area contributed by atoms with Crippen LogP contribution < -0.4 is 10.1 Å². The van der Waals surface area contributed by atoms with E-state index in [1.54, 1.807) is 18.3 Å². The highest BCUT2D eigenvalue weighted by Crippen LogP contribution is 2.18. The van der Waals surface area contributed by atoms with E-state index in [9.17, 15) is 9.18 Å². The molecule has 5 nitrogen and oxygen atoms in total. The Balaban J connectivity index is 1.66. The van der Waals surface area contributed by atoms with Gasteiger partial charge in [-0.1, -0.05) is 36.0 Å². The molecular formula is C17H14FN3O2S. The number of benzene rings is 2. The molecule has 122 valence electrons. The first kappa shape index (κ1) is 16.2. The molecule has 1 aliphatic heterocycles. The molecule has 0 unspecified atom stereocenters. The molecule has 2 aromatic rings. The maximum atomic E-state index is 12.9. The molecule has 0 aliphatic carbocycles. The standard InChI is InChI=1S/C17H14FN3O2S/c18-14-7-5-12(6-8-14)10-23-15-4-2-1-3-13(15)9-19-21-17-20-16(22)11-24-17/h1-9H,10-11H2,(H,20,21,22). The quantitative estimate of drug-likeness (QED) is 0.671. The van der Waals surface area contributed by atoms with Crippen molar-refractivity contribution in [2.24, 2.45) is 10.2 Å². The number of rotatable bonds is 5. The first-order valence-electron chi connectivity index (χ1n) is 7.21. The number of amidine groups is 1. The summed E-state index contributed by atoms with van der Waals surface area (Å²) in [7, 11) is 0. The third kappa shape index (κ3) is 4.42. The second-order valence-corrected chi connectivity index (χ2v) is 5.90. The summed E-state index contributed by atoms with van der Waals surface area (Å²) in [5.41, 5.74) is 1.63. The van der Waals surface area contributed by atoms with Gasteiger partial charge in [-0.05, 0) is 29.8 Å². The van der Waals surface area contributed by atoms with Gasteiger partial charge in [0.05, 0.1) is 12.0 Å². The molecule has 0 aromatic heterocycles. The van der Waals surface area contributed by atoms with Crippen molar-refractivity contribution in [3.8, 4) is 5.75 Å². The van der Waals surface area contributed by atoms with Gasteiger partial charge in [0.2, 0.25) is 5.91 Å². The molecule has 2 aromatic carbocycles. The number of carbonyl (C=O) groups is 1. The maximum Gasteiger partial charge on any atom is 0.236 e. The lowest BCUT2D eigenvalue weighted by molar-refractivity contribution is -0.116. The van der Waals surface area contributed by atoms with E-state index in [1.807, 2.05) is 24.3 Å². The van der Waals surface area contributed by atoms with Crippen molar-refractivity contribution < 1.29 is 13.9 Å². The van der Waals surface area contributed by atoms with Gasteiger partial charge in [-0.25, -0.2) is 4.39 Å². The van der Waals surface area contributed by atoms with E-state index < -0.39 is 0 Å². The Morgan fingerprint density at radius 3 is 2.75 bits per heavy atom. The maximum absolute atomic E-state index is 12.9. The van der Waals surface area contributed by atoms with Crippen molar-refractivity contribution in [1.29, 1.82) is 0 Å². The fourth-order valence-corrected chi connectivity index (χ4v) is 2.61. The number of amides is 1. The fraction of sp³-hybridized carbons (Fsp3) is 0.118. The predicted molar refractivity (Wildman–Crippen MR) is 92.8 cm³/mol. The van der Waals surface area contributed by atoms with Crippen LogP contribution in [-0.4, -0.2) is 23.0 Å². The highest BCUT2D eigenvalue weighted by molar-refractivity contribution is 8.15. The first-order chi connectivity index (χ1) is 11.7. The van der Waals surface area contributed by atoms with Gasteiger partial charge in [-0.2, -0.15) is 5.10 Å². The zero-order chi connectivity index (χ0) is 16.8. The Kier molecular flexibility index (Phi) is 5.22. The van der Waals surface area contributed by atoms with Gasteiger partial charge < -0.3 is 10.1 Å². The average molecular weight is 343 g/mol. The number of nitrogens with one attached hydrogen (secondary N) is 1. The lowest BCUT2D eigenvalue weighted by atomic mass is 10.2. The van der Waals surface area contributed by atoms with E-state index in [4.69, 9.17) is 4.74 Å². The van der Waals surface area contributed by atoms with Crippen LogP contribution in [0.5, 0.6) is 5.75 Å². The van der Waals surface area contributed by atoms with Crippen molar-refractivity contribution in [1.82, 2.24) is 5.32 Å². The summed E-state index contributed by atoms with van der Waals surface area (Å²) < 4.78 is 18.7. The number of thioether (sulfide) groups is 1. The van der Waals surface area contributed by atoms with E-state index in [-0.39, 0.29) is 11.7 Å². The SMILES string of the molecule is O=C1CSC(=NN=Cc2ccccc2OCc2ccc(F)cc2)N1. The van der Waals surface area contributed by atoms with Crippen molar-refractivity contribution in [3.63, 3.8) is 0 Å². The Hall–Kier alpha value is -2.67. The zero-order valence-corrected chi connectivity index (χ0v) is 13.4. The lowest BCUT2D eigenvalue weighted by Gasteiger charge is -2.08. The molecule has 0 saturated carbocycles. The van der Waals surface area contributed by atoms with Crippen molar-refractivity contribution in [2.45, 2.75) is 6.61 Å². The molecule has 1 saturated heterocycles. The Bertz CT molecular complexity index is 791. The first-order valence-corrected chi connectivity index (χ1v) is 8.19. The third-order valence-electron chi connectivity index (χ3n) is 3.16. The van der Waals surface area contributed by atoms with Crippen molar-refractivity contribution >= 4 is 29.1 Å². The van der Waals surface area contributed by atoms with Crippen molar-refractivity contribution in [3.05, 3.63) is 65.5 Å². The summed E-state index contributed by atoms with van der Waals surface area (Å²) in [6, 6.07) is 13.6. The van der Waals surface area contributed by atoms with E-state index in [2.05, 4.69) is 15.5 Å². The van der Waals surface area contributed by atoms with Crippen molar-refractivity contribution in [2.75, 3.05) is 5.75 Å². The topological polar surface area (TPSA) is 63.0 Å². The lowest BCUT2D eigenvalue weighted by Crippen LogP contribution is -2.19. The van der Waals surface area contributed by atoms with Crippen LogP contribution in [-0.2, 0) is 11.4 Å². The molecule has 0 bridgehead atoms. The molecule has 7 heteroatoms. The van der Waals surface area contributed by atoms with Crippen LogP contribution in [0.25, 0.3) is 0 Å². The summed E-state index contributed by atoms with van der Waals surface area (Å²) in [4.78, 5) is 11.1. The highest BCUT2D eigenvalue weighted by Gasteiger charge is 2.15. The molecule has 1 N–H and O–H groups in total. The minimum absolute atomic E-state index is 0.0722. The minimum Gasteiger partial charge on any atom is -0.488 e. The molecule has 24 heavy (non-hydrogen) atoms. The number of ether oxygens (including phenoxy) is 1. The van der Waals surface area contributed by atoms with Gasteiger partial charge in [0.25, 0.3) is 0 Å². The molecule has 0 spiro atoms. The van der Waals surface area contributed by atoms with E-state index >= 15 is 0 Å². The summed E-state index contributed by atoms with van der Waals surface area (Å²) in [5, 5.41) is 11.0. The largest absolute Gasteiger partial charge is 0.488 e. The molecule has 1 heterocycles. The molecular weight excluding hydrogens is 329 g/mol. The summed E-state index contributed by atoms with van der Waals surface area (Å²) in [6.07, 6.45) is 1.57. The second kappa shape index (κ2) is 7.74. The van der Waals surface area contributed by atoms with Gasteiger partial charge in [0, 0.05) is 5.56 Å². The highest BCUT2D eigenvalue weighted by atomic mass is 32.2. The van der Waals surface area contributed by atoms with Gasteiger partial charge >= 0.3 is 0 Å². The smallest absolute Gasteiger partial charge is 0.236 e. The van der Waals surface area contributed by atoms with Crippen LogP contribution >= 0.6 is 11.8 Å². The summed E-state index contributed by atoms with van der Waals surface area (Å²) in [6.45, 7) is 0.325. The third-order valence-corrected chi connectivity index (χ3v) is 4.02. The van der Waals surface area contributed by atoms with Crippen LogP contribution in [0.15, 0.2) is 58.7 Å². The summed E-state index contributed by atoms with van der Waals surface area (Å²) in [5.74, 6) is 0.666. The number of para-hydroxylation sites is 1. The molecule has 1 fully saturated rings. The minimum atomic E-state index is -0.276. The van der Waals surface area contributed by atoms with Crippen LogP contribution in [0.4, 0.5) is 4.39 Å². The monoisotopic (exact) mass is 343 g/mol. The van der Waals surface area contributed by atoms with E-state index in [0.29, 0.717) is 23.3 Å². The normalized spacial score (nSPS) is 15.9. The summed E-state index contributed by atoms with van der Waals surface area (Å²) >= 11 is 1.31. The molecule has 3 rings (SSSR count).